The lowest BCUT2D eigenvalue weighted by Gasteiger charge is -2.31. The highest BCUT2D eigenvalue weighted by Gasteiger charge is 2.37. The molecular formula is C24H26FN3O. The van der Waals surface area contributed by atoms with E-state index in [0.29, 0.717) is 19.0 Å². The van der Waals surface area contributed by atoms with Crippen molar-refractivity contribution in [2.24, 2.45) is 0 Å². The molecule has 1 aliphatic heterocycles. The summed E-state index contributed by atoms with van der Waals surface area (Å²) < 4.78 is 15.6. The van der Waals surface area contributed by atoms with Crippen molar-refractivity contribution in [3.63, 3.8) is 0 Å². The molecule has 29 heavy (non-hydrogen) atoms. The van der Waals surface area contributed by atoms with Gasteiger partial charge in [0, 0.05) is 31.5 Å². The average molecular weight is 391 g/mol. The summed E-state index contributed by atoms with van der Waals surface area (Å²) in [5.41, 5.74) is 3.05. The maximum Gasteiger partial charge on any atom is 0.223 e. The molecule has 0 bridgehead atoms. The van der Waals surface area contributed by atoms with Crippen molar-refractivity contribution < 1.29 is 9.18 Å². The Morgan fingerprint density at radius 3 is 2.55 bits per heavy atom. The Morgan fingerprint density at radius 2 is 1.76 bits per heavy atom. The van der Waals surface area contributed by atoms with Gasteiger partial charge in [-0.15, -0.1) is 0 Å². The number of amides is 1. The van der Waals surface area contributed by atoms with E-state index in [1.165, 1.54) is 31.4 Å². The van der Waals surface area contributed by atoms with Crippen LogP contribution in [0, 0.1) is 5.82 Å². The van der Waals surface area contributed by atoms with Gasteiger partial charge in [-0.25, -0.2) is 9.37 Å². The quantitative estimate of drug-likeness (QED) is 0.636. The predicted octanol–water partition coefficient (Wildman–Crippen LogP) is 4.87. The van der Waals surface area contributed by atoms with Crippen LogP contribution in [0.5, 0.6) is 0 Å². The van der Waals surface area contributed by atoms with Gasteiger partial charge in [-0.05, 0) is 42.7 Å². The highest BCUT2D eigenvalue weighted by Crippen LogP contribution is 2.34. The molecule has 4 nitrogen and oxygen atoms in total. The van der Waals surface area contributed by atoms with Crippen molar-refractivity contribution in [3.05, 3.63) is 65.7 Å². The fraction of sp³-hybridized carbons (Fsp3) is 0.417. The summed E-state index contributed by atoms with van der Waals surface area (Å²) in [6, 6.07) is 15.1. The molecule has 2 aliphatic rings. The molecule has 1 aromatic heterocycles. The molecule has 1 amide bonds. The first-order valence-corrected chi connectivity index (χ1v) is 10.7. The van der Waals surface area contributed by atoms with Crippen molar-refractivity contribution in [1.29, 1.82) is 0 Å². The Morgan fingerprint density at radius 1 is 1.00 bits per heavy atom. The van der Waals surface area contributed by atoms with E-state index in [-0.39, 0.29) is 17.6 Å². The number of hydrogen-bond acceptors (Lipinski definition) is 2. The first-order chi connectivity index (χ1) is 14.2. The highest BCUT2D eigenvalue weighted by molar-refractivity contribution is 5.81. The van der Waals surface area contributed by atoms with Crippen LogP contribution >= 0.6 is 0 Å². The van der Waals surface area contributed by atoms with E-state index in [1.54, 1.807) is 0 Å². The molecule has 0 N–H and O–H groups in total. The zero-order chi connectivity index (χ0) is 19.8. The second kappa shape index (κ2) is 7.62. The van der Waals surface area contributed by atoms with Gasteiger partial charge in [0.05, 0.1) is 11.0 Å². The molecule has 5 heteroatoms. The molecule has 3 aromatic rings. The number of carbonyl (C=O) groups is 1. The third kappa shape index (κ3) is 3.54. The lowest BCUT2D eigenvalue weighted by molar-refractivity contribution is -0.130. The van der Waals surface area contributed by atoms with Crippen molar-refractivity contribution in [2.45, 2.75) is 57.0 Å². The Bertz CT molecular complexity index is 1020. The normalized spacial score (nSPS) is 20.7. The Hall–Kier alpha value is -2.69. The van der Waals surface area contributed by atoms with Crippen LogP contribution in [0.2, 0.25) is 0 Å². The third-order valence-electron chi connectivity index (χ3n) is 6.48. The van der Waals surface area contributed by atoms with Crippen LogP contribution in [-0.2, 0) is 11.3 Å². The minimum atomic E-state index is -0.228. The monoisotopic (exact) mass is 391 g/mol. The molecule has 1 atom stereocenters. The van der Waals surface area contributed by atoms with Gasteiger partial charge < -0.3 is 9.47 Å². The van der Waals surface area contributed by atoms with E-state index in [2.05, 4.69) is 15.5 Å². The number of fused-ring (bicyclic) bond motifs is 1. The smallest absolute Gasteiger partial charge is 0.223 e. The molecule has 1 aliphatic carbocycles. The molecule has 1 saturated heterocycles. The second-order valence-electron chi connectivity index (χ2n) is 8.41. The van der Waals surface area contributed by atoms with E-state index >= 15 is 0 Å². The SMILES string of the molecule is O=C1CC(c2nc3ccccc3n2Cc2ccc(F)cc2)CN1C1CCCCC1. The number of imidazole rings is 1. The molecule has 1 saturated carbocycles. The minimum absolute atomic E-state index is 0.109. The number of likely N-dealkylation sites (tertiary alicyclic amines) is 1. The summed E-state index contributed by atoms with van der Waals surface area (Å²) in [6.07, 6.45) is 6.53. The zero-order valence-corrected chi connectivity index (χ0v) is 16.6. The van der Waals surface area contributed by atoms with Gasteiger partial charge in [0.1, 0.15) is 11.6 Å². The molecule has 0 radical (unpaired) electrons. The van der Waals surface area contributed by atoms with Crippen molar-refractivity contribution in [2.75, 3.05) is 6.54 Å². The molecule has 150 valence electrons. The lowest BCUT2D eigenvalue weighted by atomic mass is 9.94. The Kier molecular flexibility index (Phi) is 4.82. The van der Waals surface area contributed by atoms with Crippen LogP contribution in [0.3, 0.4) is 0 Å². The fourth-order valence-electron chi connectivity index (χ4n) is 4.99. The van der Waals surface area contributed by atoms with Gasteiger partial charge in [0.25, 0.3) is 0 Å². The number of para-hydroxylation sites is 2. The van der Waals surface area contributed by atoms with Gasteiger partial charge in [-0.1, -0.05) is 43.5 Å². The summed E-state index contributed by atoms with van der Waals surface area (Å²) in [5, 5.41) is 0. The number of halogens is 1. The van der Waals surface area contributed by atoms with E-state index < -0.39 is 0 Å². The van der Waals surface area contributed by atoms with E-state index in [4.69, 9.17) is 4.98 Å². The number of hydrogen-bond donors (Lipinski definition) is 0. The molecule has 2 heterocycles. The van der Waals surface area contributed by atoms with Crippen molar-refractivity contribution in [1.82, 2.24) is 14.5 Å². The van der Waals surface area contributed by atoms with Crippen LogP contribution in [0.1, 0.15) is 55.8 Å². The van der Waals surface area contributed by atoms with Crippen LogP contribution in [-0.4, -0.2) is 32.9 Å². The Balaban J connectivity index is 1.48. The summed E-state index contributed by atoms with van der Waals surface area (Å²) in [7, 11) is 0. The van der Waals surface area contributed by atoms with Gasteiger partial charge in [0.15, 0.2) is 0 Å². The van der Waals surface area contributed by atoms with Gasteiger partial charge in [-0.2, -0.15) is 0 Å². The number of rotatable bonds is 4. The standard InChI is InChI=1S/C24H26FN3O/c25-19-12-10-17(11-13-19)15-28-22-9-5-4-8-21(22)26-24(28)18-14-23(29)27(16-18)20-6-2-1-3-7-20/h4-5,8-13,18,20H,1-3,6-7,14-16H2. The molecule has 5 rings (SSSR count). The minimum Gasteiger partial charge on any atom is -0.339 e. The predicted molar refractivity (Wildman–Crippen MR) is 111 cm³/mol. The van der Waals surface area contributed by atoms with Crippen LogP contribution in [0.15, 0.2) is 48.5 Å². The maximum atomic E-state index is 13.3. The zero-order valence-electron chi connectivity index (χ0n) is 16.6. The molecule has 0 spiro atoms. The summed E-state index contributed by atoms with van der Waals surface area (Å²) in [6.45, 7) is 1.39. The van der Waals surface area contributed by atoms with Crippen molar-refractivity contribution in [3.8, 4) is 0 Å². The first kappa shape index (κ1) is 18.3. The Labute approximate surface area is 170 Å². The van der Waals surface area contributed by atoms with E-state index in [1.807, 2.05) is 30.3 Å². The maximum absolute atomic E-state index is 13.3. The van der Waals surface area contributed by atoms with Gasteiger partial charge in [0.2, 0.25) is 5.91 Å². The lowest BCUT2D eigenvalue weighted by Crippen LogP contribution is -2.37. The first-order valence-electron chi connectivity index (χ1n) is 10.7. The number of carbonyl (C=O) groups excluding carboxylic acids is 1. The van der Waals surface area contributed by atoms with Gasteiger partial charge in [-0.3, -0.25) is 4.79 Å². The second-order valence-corrected chi connectivity index (χ2v) is 8.41. The van der Waals surface area contributed by atoms with Crippen LogP contribution in [0.4, 0.5) is 4.39 Å². The molecule has 2 aromatic carbocycles. The number of nitrogens with zero attached hydrogens (tertiary/aromatic N) is 3. The largest absolute Gasteiger partial charge is 0.339 e. The fourth-order valence-corrected chi connectivity index (χ4v) is 4.99. The molecule has 1 unspecified atom stereocenters. The number of benzene rings is 2. The highest BCUT2D eigenvalue weighted by atomic mass is 19.1. The van der Waals surface area contributed by atoms with Crippen LogP contribution in [0.25, 0.3) is 11.0 Å². The molecular weight excluding hydrogens is 365 g/mol. The number of aromatic nitrogens is 2. The van der Waals surface area contributed by atoms with E-state index in [9.17, 15) is 9.18 Å². The summed E-state index contributed by atoms with van der Waals surface area (Å²) >= 11 is 0. The van der Waals surface area contributed by atoms with Gasteiger partial charge >= 0.3 is 0 Å². The molecule has 2 fully saturated rings. The van der Waals surface area contributed by atoms with Crippen molar-refractivity contribution >= 4 is 16.9 Å². The summed E-state index contributed by atoms with van der Waals surface area (Å²) in [4.78, 5) is 19.9. The third-order valence-corrected chi connectivity index (χ3v) is 6.48. The van der Waals surface area contributed by atoms with Crippen LogP contribution < -0.4 is 0 Å². The van der Waals surface area contributed by atoms with E-state index in [0.717, 1.165) is 41.8 Å². The summed E-state index contributed by atoms with van der Waals surface area (Å²) in [5.74, 6) is 1.12. The average Bonchev–Trinajstić information content (AvgIpc) is 3.31. The topological polar surface area (TPSA) is 38.1 Å².